The molecule has 10 heavy (non-hydrogen) atoms. The Balaban J connectivity index is 3.51. The third kappa shape index (κ3) is 3.26. The van der Waals surface area contributed by atoms with Crippen LogP contribution in [0.5, 0.6) is 0 Å². The van der Waals surface area contributed by atoms with Gasteiger partial charge in [-0.3, -0.25) is 4.79 Å². The van der Waals surface area contributed by atoms with Crippen LogP contribution >= 0.6 is 0 Å². The lowest BCUT2D eigenvalue weighted by Crippen LogP contribution is -2.29. The van der Waals surface area contributed by atoms with Gasteiger partial charge in [-0.25, -0.2) is 0 Å². The third-order valence-corrected chi connectivity index (χ3v) is 1.13. The van der Waals surface area contributed by atoms with Crippen molar-refractivity contribution in [1.82, 2.24) is 0 Å². The van der Waals surface area contributed by atoms with E-state index in [0.717, 1.165) is 0 Å². The molecule has 0 saturated carbocycles. The first kappa shape index (κ1) is 9.19. The Labute approximate surface area is 58.7 Å². The van der Waals surface area contributed by atoms with E-state index in [0.29, 0.717) is 19.4 Å². The van der Waals surface area contributed by atoms with Crippen molar-refractivity contribution < 1.29 is 4.79 Å². The van der Waals surface area contributed by atoms with Crippen molar-refractivity contribution in [3.05, 3.63) is 4.91 Å². The Morgan fingerprint density at radius 1 is 1.60 bits per heavy atom. The van der Waals surface area contributed by atoms with E-state index in [1.54, 1.807) is 0 Å². The number of carbonyl (C=O) groups excluding carboxylic acids is 1. The molecule has 0 heterocycles. The van der Waals surface area contributed by atoms with E-state index in [9.17, 15) is 9.70 Å². The van der Waals surface area contributed by atoms with Gasteiger partial charge in [0.2, 0.25) is 0 Å². The van der Waals surface area contributed by atoms with Gasteiger partial charge in [-0.15, -0.1) is 4.91 Å². The summed E-state index contributed by atoms with van der Waals surface area (Å²) in [5, 5.41) is 2.19. The molecule has 58 valence electrons. The minimum Gasteiger partial charge on any atom is -0.330 e. The second kappa shape index (κ2) is 5.01. The summed E-state index contributed by atoms with van der Waals surface area (Å²) in [4.78, 5) is 20.0. The Hall–Kier alpha value is -0.810. The van der Waals surface area contributed by atoms with Gasteiger partial charge >= 0.3 is 5.91 Å². The standard InChI is InChI=1S/C5H11N3O2/c6-3-1-2-4(7)5(9)8-10/h4H,1-3,6-7H2/t4-/m0/s1. The van der Waals surface area contributed by atoms with E-state index in [1.807, 2.05) is 0 Å². The predicted octanol–water partition coefficient (Wildman–Crippen LogP) is -0.654. The molecule has 0 aliphatic carbocycles. The minimum atomic E-state index is -0.798. The highest BCUT2D eigenvalue weighted by atomic mass is 16.3. The molecule has 5 nitrogen and oxygen atoms in total. The number of nitroso groups, excluding NO2 is 1. The molecule has 0 aliphatic rings. The lowest BCUT2D eigenvalue weighted by molar-refractivity contribution is -0.119. The second-order valence-electron chi connectivity index (χ2n) is 1.97. The molecule has 1 amide bonds. The van der Waals surface area contributed by atoms with E-state index in [1.165, 1.54) is 0 Å². The van der Waals surface area contributed by atoms with Crippen LogP contribution in [-0.2, 0) is 4.79 Å². The van der Waals surface area contributed by atoms with Crippen molar-refractivity contribution >= 4 is 5.91 Å². The minimum absolute atomic E-state index is 0.432. The van der Waals surface area contributed by atoms with E-state index in [2.05, 4.69) is 5.18 Å². The van der Waals surface area contributed by atoms with Gasteiger partial charge in [-0.2, -0.15) is 0 Å². The topological polar surface area (TPSA) is 98.5 Å². The number of hydrogen-bond acceptors (Lipinski definition) is 4. The lowest BCUT2D eigenvalue weighted by Gasteiger charge is -2.01. The molecule has 0 spiro atoms. The SMILES string of the molecule is NCCC[C@H](N)C(=O)N=O. The van der Waals surface area contributed by atoms with Gasteiger partial charge in [0.1, 0.15) is 0 Å². The molecule has 0 aromatic rings. The van der Waals surface area contributed by atoms with Gasteiger partial charge in [0.25, 0.3) is 0 Å². The summed E-state index contributed by atoms with van der Waals surface area (Å²) in [6.45, 7) is 0.472. The molecule has 0 fully saturated rings. The van der Waals surface area contributed by atoms with Crippen LogP contribution < -0.4 is 11.5 Å². The first-order valence-electron chi connectivity index (χ1n) is 3.05. The zero-order chi connectivity index (χ0) is 7.98. The van der Waals surface area contributed by atoms with E-state index >= 15 is 0 Å². The summed E-state index contributed by atoms with van der Waals surface area (Å²) >= 11 is 0. The molecule has 0 unspecified atom stereocenters. The highest BCUT2D eigenvalue weighted by molar-refractivity contribution is 5.81. The van der Waals surface area contributed by atoms with E-state index < -0.39 is 11.9 Å². The molecule has 5 heteroatoms. The highest BCUT2D eigenvalue weighted by Gasteiger charge is 2.11. The number of nitrogens with two attached hydrogens (primary N) is 2. The fourth-order valence-corrected chi connectivity index (χ4v) is 0.529. The first-order valence-corrected chi connectivity index (χ1v) is 3.05. The monoisotopic (exact) mass is 145 g/mol. The normalized spacial score (nSPS) is 12.6. The van der Waals surface area contributed by atoms with Gasteiger partial charge in [-0.1, -0.05) is 0 Å². The maximum absolute atomic E-state index is 10.4. The number of amides is 1. The molecule has 4 N–H and O–H groups in total. The molecule has 0 aromatic carbocycles. The molecule has 1 atom stereocenters. The fraction of sp³-hybridized carbons (Fsp3) is 0.800. The van der Waals surface area contributed by atoms with Crippen molar-refractivity contribution in [2.24, 2.45) is 16.6 Å². The van der Waals surface area contributed by atoms with Gasteiger partial charge < -0.3 is 11.5 Å². The zero-order valence-electron chi connectivity index (χ0n) is 5.62. The Bertz CT molecular complexity index is 126. The van der Waals surface area contributed by atoms with E-state index in [4.69, 9.17) is 11.5 Å². The van der Waals surface area contributed by atoms with Crippen LogP contribution in [0.25, 0.3) is 0 Å². The highest BCUT2D eigenvalue weighted by Crippen LogP contribution is 1.94. The quantitative estimate of drug-likeness (QED) is 0.513. The van der Waals surface area contributed by atoms with Crippen LogP contribution in [0, 0.1) is 4.91 Å². The van der Waals surface area contributed by atoms with Crippen LogP contribution in [0.4, 0.5) is 0 Å². The third-order valence-electron chi connectivity index (χ3n) is 1.13. The Morgan fingerprint density at radius 2 is 2.20 bits per heavy atom. The predicted molar refractivity (Wildman–Crippen MR) is 37.1 cm³/mol. The summed E-state index contributed by atoms with van der Waals surface area (Å²) in [5.41, 5.74) is 10.4. The van der Waals surface area contributed by atoms with Crippen molar-refractivity contribution in [1.29, 1.82) is 0 Å². The Kier molecular flexibility index (Phi) is 4.61. The molecule has 0 radical (unpaired) electrons. The second-order valence-corrected chi connectivity index (χ2v) is 1.97. The Morgan fingerprint density at radius 3 is 2.60 bits per heavy atom. The first-order chi connectivity index (χ1) is 4.72. The molecular weight excluding hydrogens is 134 g/mol. The molecule has 0 aliphatic heterocycles. The van der Waals surface area contributed by atoms with Crippen LogP contribution in [0.3, 0.4) is 0 Å². The van der Waals surface area contributed by atoms with Crippen molar-refractivity contribution in [3.63, 3.8) is 0 Å². The largest absolute Gasteiger partial charge is 0.330 e. The van der Waals surface area contributed by atoms with Gasteiger partial charge in [0.05, 0.1) is 6.04 Å². The van der Waals surface area contributed by atoms with Crippen LogP contribution in [0.1, 0.15) is 12.8 Å². The van der Waals surface area contributed by atoms with Crippen molar-refractivity contribution in [3.8, 4) is 0 Å². The summed E-state index contributed by atoms with van der Waals surface area (Å²) in [5.74, 6) is -0.798. The molecule has 0 rings (SSSR count). The maximum atomic E-state index is 10.4. The van der Waals surface area contributed by atoms with Gasteiger partial charge in [0, 0.05) is 5.18 Å². The van der Waals surface area contributed by atoms with Crippen molar-refractivity contribution in [2.75, 3.05) is 6.54 Å². The average Bonchev–Trinajstić information content (AvgIpc) is 1.98. The van der Waals surface area contributed by atoms with Crippen molar-refractivity contribution in [2.45, 2.75) is 18.9 Å². The van der Waals surface area contributed by atoms with Crippen LogP contribution in [-0.4, -0.2) is 18.5 Å². The molecular formula is C5H11N3O2. The summed E-state index contributed by atoms with van der Waals surface area (Å²) in [6.07, 6.45) is 1.07. The summed E-state index contributed by atoms with van der Waals surface area (Å²) < 4.78 is 0. The van der Waals surface area contributed by atoms with Crippen LogP contribution in [0.2, 0.25) is 0 Å². The van der Waals surface area contributed by atoms with Gasteiger partial charge in [-0.05, 0) is 19.4 Å². The zero-order valence-corrected chi connectivity index (χ0v) is 5.62. The average molecular weight is 145 g/mol. The maximum Gasteiger partial charge on any atom is 0.302 e. The fourth-order valence-electron chi connectivity index (χ4n) is 0.529. The summed E-state index contributed by atoms with van der Waals surface area (Å²) in [7, 11) is 0. The number of rotatable bonds is 4. The molecule has 0 bridgehead atoms. The van der Waals surface area contributed by atoms with Crippen LogP contribution in [0.15, 0.2) is 5.18 Å². The molecule has 0 aromatic heterocycles. The van der Waals surface area contributed by atoms with Gasteiger partial charge in [0.15, 0.2) is 0 Å². The number of hydrogen-bond donors (Lipinski definition) is 2. The summed E-state index contributed by atoms with van der Waals surface area (Å²) in [6, 6.07) is -0.763. The molecule has 0 saturated heterocycles. The number of carbonyl (C=O) groups is 1. The smallest absolute Gasteiger partial charge is 0.302 e. The van der Waals surface area contributed by atoms with E-state index in [-0.39, 0.29) is 0 Å². The lowest BCUT2D eigenvalue weighted by atomic mass is 10.1. The number of nitrogens with zero attached hydrogens (tertiary/aromatic N) is 1.